The Hall–Kier alpha value is -2.38. The Morgan fingerprint density at radius 1 is 1.38 bits per heavy atom. The summed E-state index contributed by atoms with van der Waals surface area (Å²) in [7, 11) is 0. The van der Waals surface area contributed by atoms with Crippen molar-refractivity contribution in [3.63, 3.8) is 0 Å². The summed E-state index contributed by atoms with van der Waals surface area (Å²) in [6.45, 7) is 15.7. The quantitative estimate of drug-likeness (QED) is 0.204. The second-order valence-corrected chi connectivity index (χ2v) is 7.89. The number of nitro groups is 1. The highest BCUT2D eigenvalue weighted by molar-refractivity contribution is 8.06. The average molecular weight is 417 g/mol. The molecule has 0 aromatic heterocycles. The van der Waals surface area contributed by atoms with Gasteiger partial charge >= 0.3 is 0 Å². The van der Waals surface area contributed by atoms with Crippen LogP contribution in [0.5, 0.6) is 0 Å². The molecule has 1 rings (SSSR count). The molecule has 0 fully saturated rings. The lowest BCUT2D eigenvalue weighted by atomic mass is 10.0. The zero-order chi connectivity index (χ0) is 22.0. The Balaban J connectivity index is 3.11. The predicted molar refractivity (Wildman–Crippen MR) is 125 cm³/mol. The summed E-state index contributed by atoms with van der Waals surface area (Å²) in [6, 6.07) is -0.153. The Bertz CT molecular complexity index is 813. The number of nitrogens with one attached hydrogen (secondary N) is 2. The Morgan fingerprint density at radius 3 is 2.59 bits per heavy atom. The minimum absolute atomic E-state index is 0.0245. The maximum absolute atomic E-state index is 11.2. The molecule has 7 heteroatoms. The van der Waals surface area contributed by atoms with E-state index < -0.39 is 4.92 Å². The molecule has 0 saturated heterocycles. The fraction of sp³-hybridized carbons (Fsp3) is 0.409. The van der Waals surface area contributed by atoms with Crippen molar-refractivity contribution in [3.8, 4) is 0 Å². The molecule has 0 radical (unpaired) electrons. The molecule has 0 spiro atoms. The molecule has 0 aliphatic carbocycles. The second-order valence-electron chi connectivity index (χ2n) is 6.98. The van der Waals surface area contributed by atoms with Crippen molar-refractivity contribution in [1.29, 1.82) is 0 Å². The van der Waals surface area contributed by atoms with Gasteiger partial charge in [-0.15, -0.1) is 0 Å². The van der Waals surface area contributed by atoms with Crippen molar-refractivity contribution in [2.45, 2.75) is 60.4 Å². The Morgan fingerprint density at radius 2 is 2.07 bits per heavy atom. The summed E-state index contributed by atoms with van der Waals surface area (Å²) in [5.74, 6) is 0. The van der Waals surface area contributed by atoms with E-state index >= 15 is 0 Å². The summed E-state index contributed by atoms with van der Waals surface area (Å²) in [5.41, 5.74) is 11.2. The van der Waals surface area contributed by atoms with Gasteiger partial charge in [0, 0.05) is 34.5 Å². The second kappa shape index (κ2) is 12.2. The molecule has 2 N–H and O–H groups in total. The lowest BCUT2D eigenvalue weighted by molar-refractivity contribution is -0.419. The van der Waals surface area contributed by atoms with Crippen LogP contribution in [0, 0.1) is 10.1 Å². The zero-order valence-corrected chi connectivity index (χ0v) is 19.0. The zero-order valence-electron chi connectivity index (χ0n) is 18.2. The van der Waals surface area contributed by atoms with Gasteiger partial charge in [-0.2, -0.15) is 0 Å². The van der Waals surface area contributed by atoms with Crippen molar-refractivity contribution in [2.24, 2.45) is 4.99 Å². The van der Waals surface area contributed by atoms with E-state index in [1.54, 1.807) is 17.8 Å². The number of nitrogens with zero attached hydrogens (tertiary/aromatic N) is 2. The normalized spacial score (nSPS) is 18.6. The minimum atomic E-state index is -0.425. The highest BCUT2D eigenvalue weighted by Gasteiger charge is 2.25. The monoisotopic (exact) mass is 416 g/mol. The van der Waals surface area contributed by atoms with Gasteiger partial charge in [0.2, 0.25) is 0 Å². The van der Waals surface area contributed by atoms with Gasteiger partial charge in [-0.1, -0.05) is 43.3 Å². The number of hydrazine groups is 1. The van der Waals surface area contributed by atoms with Gasteiger partial charge < -0.3 is 5.43 Å². The van der Waals surface area contributed by atoms with E-state index in [0.717, 1.165) is 45.9 Å². The highest BCUT2D eigenvalue weighted by Crippen LogP contribution is 2.28. The molecule has 1 aliphatic rings. The number of hydrogen-bond acceptors (Lipinski definition) is 6. The number of aliphatic imine (C=N–C) groups is 1. The van der Waals surface area contributed by atoms with Gasteiger partial charge in [-0.25, -0.2) is 5.43 Å². The van der Waals surface area contributed by atoms with E-state index in [-0.39, 0.29) is 11.7 Å². The standard InChI is InChI=1S/C22H32N4O2S/c1-8-11-20(23-13-15(4)5)21(10-3)29-14-16(6)22-19(17(7)24-25-22)12-18(9-2)26(27)28/h9-10,12-14,22,24-25H,2,8,11H2,1,3-7H3/b16-14+,18-12+,21-10-,23-20?. The van der Waals surface area contributed by atoms with E-state index in [1.165, 1.54) is 6.08 Å². The fourth-order valence-electron chi connectivity index (χ4n) is 2.67. The maximum atomic E-state index is 11.2. The topological polar surface area (TPSA) is 79.6 Å². The van der Waals surface area contributed by atoms with Gasteiger partial charge in [0.05, 0.1) is 16.7 Å². The van der Waals surface area contributed by atoms with Crippen molar-refractivity contribution in [2.75, 3.05) is 0 Å². The highest BCUT2D eigenvalue weighted by atomic mass is 32.2. The molecular formula is C22H32N4O2S. The van der Waals surface area contributed by atoms with Gasteiger partial charge in [-0.05, 0) is 52.0 Å². The Labute approximate surface area is 178 Å². The van der Waals surface area contributed by atoms with Crippen LogP contribution in [0.25, 0.3) is 0 Å². The third kappa shape index (κ3) is 7.51. The van der Waals surface area contributed by atoms with Crippen LogP contribution in [-0.4, -0.2) is 16.7 Å². The summed E-state index contributed by atoms with van der Waals surface area (Å²) in [6.07, 6.45) is 8.73. The van der Waals surface area contributed by atoms with Crippen LogP contribution in [0.2, 0.25) is 0 Å². The third-order valence-electron chi connectivity index (χ3n) is 4.21. The first-order valence-electron chi connectivity index (χ1n) is 9.65. The van der Waals surface area contributed by atoms with Crippen molar-refractivity contribution >= 4 is 17.5 Å². The number of hydrogen-bond donors (Lipinski definition) is 2. The van der Waals surface area contributed by atoms with Crippen LogP contribution in [-0.2, 0) is 0 Å². The molecule has 0 bridgehead atoms. The van der Waals surface area contributed by atoms with Crippen molar-refractivity contribution in [3.05, 3.63) is 79.5 Å². The third-order valence-corrected chi connectivity index (χ3v) is 5.43. The number of allylic oxidation sites excluding steroid dienone is 5. The summed E-state index contributed by atoms with van der Waals surface area (Å²) in [4.78, 5) is 16.5. The minimum Gasteiger partial charge on any atom is -0.325 e. The van der Waals surface area contributed by atoms with E-state index in [1.807, 2.05) is 40.8 Å². The molecule has 0 aromatic carbocycles. The molecule has 158 valence electrons. The van der Waals surface area contributed by atoms with E-state index in [4.69, 9.17) is 0 Å². The molecule has 1 heterocycles. The number of thioether (sulfide) groups is 1. The largest absolute Gasteiger partial charge is 0.325 e. The SMILES string of the molecule is C=C/C(=C\C1=C(C)NNC1/C(C)=C/S/C(=C\C)C(CCC)=NC=C(C)C)[N+](=O)[O-]. The molecule has 0 aromatic rings. The lowest BCUT2D eigenvalue weighted by Crippen LogP contribution is -2.33. The molecule has 1 aliphatic heterocycles. The van der Waals surface area contributed by atoms with Crippen LogP contribution in [0.4, 0.5) is 0 Å². The smallest absolute Gasteiger partial charge is 0.269 e. The van der Waals surface area contributed by atoms with E-state index in [2.05, 4.69) is 40.8 Å². The molecule has 1 atom stereocenters. The molecule has 29 heavy (non-hydrogen) atoms. The first-order valence-corrected chi connectivity index (χ1v) is 10.5. The fourth-order valence-corrected chi connectivity index (χ4v) is 3.54. The maximum Gasteiger partial charge on any atom is 0.269 e. The van der Waals surface area contributed by atoms with Gasteiger partial charge in [0.1, 0.15) is 0 Å². The van der Waals surface area contributed by atoms with Crippen LogP contribution in [0.1, 0.15) is 54.4 Å². The summed E-state index contributed by atoms with van der Waals surface area (Å²) >= 11 is 1.62. The van der Waals surface area contributed by atoms with Crippen LogP contribution >= 0.6 is 11.8 Å². The van der Waals surface area contributed by atoms with Gasteiger partial charge in [-0.3, -0.25) is 15.1 Å². The number of rotatable bonds is 10. The van der Waals surface area contributed by atoms with E-state index in [9.17, 15) is 10.1 Å². The molecular weight excluding hydrogens is 384 g/mol. The van der Waals surface area contributed by atoms with Crippen LogP contribution in [0.15, 0.2) is 74.4 Å². The van der Waals surface area contributed by atoms with Gasteiger partial charge in [0.15, 0.2) is 0 Å². The first-order chi connectivity index (χ1) is 13.7. The lowest BCUT2D eigenvalue weighted by Gasteiger charge is -2.14. The molecule has 0 saturated carbocycles. The van der Waals surface area contributed by atoms with Crippen LogP contribution < -0.4 is 10.9 Å². The Kier molecular flexibility index (Phi) is 10.4. The average Bonchev–Trinajstić information content (AvgIpc) is 3.04. The molecule has 6 nitrogen and oxygen atoms in total. The van der Waals surface area contributed by atoms with Gasteiger partial charge in [0.25, 0.3) is 5.70 Å². The molecule has 0 amide bonds. The van der Waals surface area contributed by atoms with Crippen LogP contribution in [0.3, 0.4) is 0 Å². The summed E-state index contributed by atoms with van der Waals surface area (Å²) < 4.78 is 0. The summed E-state index contributed by atoms with van der Waals surface area (Å²) in [5, 5.41) is 13.2. The van der Waals surface area contributed by atoms with Crippen molar-refractivity contribution < 1.29 is 4.92 Å². The van der Waals surface area contributed by atoms with Crippen molar-refractivity contribution in [1.82, 2.24) is 10.9 Å². The molecule has 1 unspecified atom stereocenters. The first kappa shape index (κ1) is 24.7. The predicted octanol–water partition coefficient (Wildman–Crippen LogP) is 5.79. The van der Waals surface area contributed by atoms with E-state index in [0.29, 0.717) is 0 Å².